The Balaban J connectivity index is 1.54. The van der Waals surface area contributed by atoms with Gasteiger partial charge in [0.2, 0.25) is 0 Å². The lowest BCUT2D eigenvalue weighted by Gasteiger charge is -2.29. The zero-order valence-electron chi connectivity index (χ0n) is 21.6. The molecule has 1 atom stereocenters. The maximum atomic E-state index is 11.4. The second-order valence-electron chi connectivity index (χ2n) is 9.57. The van der Waals surface area contributed by atoms with Gasteiger partial charge < -0.3 is 19.7 Å². The largest absolute Gasteiger partial charge is 0.491 e. The number of carbonyl (C=O) groups excluding carboxylic acids is 1. The summed E-state index contributed by atoms with van der Waals surface area (Å²) in [5.74, 6) is 1.25. The van der Waals surface area contributed by atoms with E-state index in [1.165, 1.54) is 13.5 Å². The van der Waals surface area contributed by atoms with Crippen molar-refractivity contribution in [3.05, 3.63) is 72.4 Å². The van der Waals surface area contributed by atoms with E-state index in [1.807, 2.05) is 47.0 Å². The molecule has 0 unspecified atom stereocenters. The molecule has 1 aliphatic rings. The molecule has 0 spiro atoms. The molecule has 194 valence electrons. The molecule has 0 saturated carbocycles. The minimum atomic E-state index is -0.505. The lowest BCUT2D eigenvalue weighted by molar-refractivity contribution is 0.151. The van der Waals surface area contributed by atoms with E-state index in [-0.39, 0.29) is 6.54 Å². The minimum absolute atomic E-state index is 0.263. The maximum absolute atomic E-state index is 11.4. The second kappa shape index (κ2) is 11.3. The molecule has 3 aromatic heterocycles. The van der Waals surface area contributed by atoms with Crippen LogP contribution in [0.3, 0.4) is 0 Å². The summed E-state index contributed by atoms with van der Waals surface area (Å²) in [5.41, 5.74) is 5.87. The summed E-state index contributed by atoms with van der Waals surface area (Å²) < 4.78 is 13.1. The average Bonchev–Trinajstić information content (AvgIpc) is 3.45. The first-order valence-electron chi connectivity index (χ1n) is 12.6. The first-order chi connectivity index (χ1) is 18.6. The van der Waals surface area contributed by atoms with Gasteiger partial charge in [-0.25, -0.2) is 9.78 Å². The summed E-state index contributed by atoms with van der Waals surface area (Å²) in [6.45, 7) is 3.06. The van der Waals surface area contributed by atoms with Gasteiger partial charge in [0.1, 0.15) is 11.3 Å². The molecular weight excluding hydrogens is 480 g/mol. The Kier molecular flexibility index (Phi) is 7.52. The third-order valence-electron chi connectivity index (χ3n) is 6.88. The standard InChI is InChI=1S/C29H30N6O3/c1-34-11-3-4-21(17-34)18-38-27-12-25(22-7-5-20(13-30)6-8-22)28(35-19-31-16-26(27)35)23-9-10-24(32-14-23)15-33-29(36)37-2/h5-10,12,14,16,19,21H,3-4,11,15,17-18H2,1-2H3,(H,33,36)/t21-/m1/s1. The SMILES string of the molecule is COC(=O)NCc1ccc(-c2c(-c3ccc(C#N)cc3)cc(OC[C@@H]3CCCN(C)C3)c3cncn23)cn1. The average molecular weight is 511 g/mol. The lowest BCUT2D eigenvalue weighted by atomic mass is 9.98. The number of nitrogens with zero attached hydrogens (tertiary/aromatic N) is 5. The third kappa shape index (κ3) is 5.45. The molecule has 1 amide bonds. The van der Waals surface area contributed by atoms with Gasteiger partial charge in [-0.3, -0.25) is 9.38 Å². The highest BCUT2D eigenvalue weighted by Crippen LogP contribution is 2.38. The fraction of sp³-hybridized carbons (Fsp3) is 0.310. The molecule has 1 N–H and O–H groups in total. The number of nitrogens with one attached hydrogen (secondary N) is 1. The molecule has 0 radical (unpaired) electrons. The number of rotatable bonds is 7. The highest BCUT2D eigenvalue weighted by atomic mass is 16.5. The number of aromatic nitrogens is 3. The van der Waals surface area contributed by atoms with Crippen LogP contribution in [0.5, 0.6) is 5.75 Å². The van der Waals surface area contributed by atoms with Crippen LogP contribution >= 0.6 is 0 Å². The van der Waals surface area contributed by atoms with Gasteiger partial charge >= 0.3 is 6.09 Å². The summed E-state index contributed by atoms with van der Waals surface area (Å²) in [5, 5.41) is 11.9. The van der Waals surface area contributed by atoms with Gasteiger partial charge in [0.15, 0.2) is 0 Å². The zero-order valence-corrected chi connectivity index (χ0v) is 21.6. The van der Waals surface area contributed by atoms with Crippen LogP contribution in [0.4, 0.5) is 4.79 Å². The molecule has 1 aromatic carbocycles. The van der Waals surface area contributed by atoms with Gasteiger partial charge in [-0.2, -0.15) is 5.26 Å². The van der Waals surface area contributed by atoms with Gasteiger partial charge in [0.25, 0.3) is 0 Å². The van der Waals surface area contributed by atoms with Crippen LogP contribution in [0.15, 0.2) is 61.2 Å². The number of methoxy groups -OCH3 is 1. The smallest absolute Gasteiger partial charge is 0.407 e. The molecule has 9 nitrogen and oxygen atoms in total. The van der Waals surface area contributed by atoms with E-state index in [9.17, 15) is 10.1 Å². The van der Waals surface area contributed by atoms with E-state index in [0.717, 1.165) is 53.2 Å². The van der Waals surface area contributed by atoms with Crippen LogP contribution in [0.2, 0.25) is 0 Å². The van der Waals surface area contributed by atoms with Crippen molar-refractivity contribution in [1.82, 2.24) is 24.6 Å². The first-order valence-corrected chi connectivity index (χ1v) is 12.6. The van der Waals surface area contributed by atoms with Crippen LogP contribution in [0, 0.1) is 17.2 Å². The topological polar surface area (TPSA) is 105 Å². The summed E-state index contributed by atoms with van der Waals surface area (Å²) in [4.78, 5) is 22.8. The van der Waals surface area contributed by atoms with E-state index >= 15 is 0 Å². The van der Waals surface area contributed by atoms with Crippen molar-refractivity contribution >= 4 is 11.6 Å². The van der Waals surface area contributed by atoms with Gasteiger partial charge in [0.05, 0.1) is 55.8 Å². The highest BCUT2D eigenvalue weighted by molar-refractivity contribution is 5.86. The minimum Gasteiger partial charge on any atom is -0.491 e. The van der Waals surface area contributed by atoms with Crippen molar-refractivity contribution < 1.29 is 14.3 Å². The van der Waals surface area contributed by atoms with Crippen molar-refractivity contribution in [3.8, 4) is 34.2 Å². The third-order valence-corrected chi connectivity index (χ3v) is 6.88. The lowest BCUT2D eigenvalue weighted by Crippen LogP contribution is -2.34. The van der Waals surface area contributed by atoms with Crippen molar-refractivity contribution in [2.24, 2.45) is 5.92 Å². The Morgan fingerprint density at radius 2 is 2.00 bits per heavy atom. The zero-order chi connectivity index (χ0) is 26.5. The van der Waals surface area contributed by atoms with E-state index in [0.29, 0.717) is 23.8 Å². The van der Waals surface area contributed by atoms with E-state index in [4.69, 9.17) is 4.74 Å². The number of alkyl carbamates (subject to hydrolysis) is 1. The van der Waals surface area contributed by atoms with Crippen molar-refractivity contribution in [2.45, 2.75) is 19.4 Å². The number of fused-ring (bicyclic) bond motifs is 1. The molecule has 9 heteroatoms. The van der Waals surface area contributed by atoms with E-state index in [2.05, 4.69) is 44.1 Å². The number of carbonyl (C=O) groups is 1. The molecule has 4 heterocycles. The molecule has 0 aliphatic carbocycles. The summed E-state index contributed by atoms with van der Waals surface area (Å²) in [7, 11) is 3.48. The predicted molar refractivity (Wildman–Crippen MR) is 144 cm³/mol. The van der Waals surface area contributed by atoms with Crippen LogP contribution < -0.4 is 10.1 Å². The number of likely N-dealkylation sites (tertiary alicyclic amines) is 1. The Morgan fingerprint density at radius 3 is 2.71 bits per heavy atom. The molecule has 38 heavy (non-hydrogen) atoms. The molecule has 1 fully saturated rings. The highest BCUT2D eigenvalue weighted by Gasteiger charge is 2.21. The number of ether oxygens (including phenoxy) is 2. The maximum Gasteiger partial charge on any atom is 0.407 e. The number of hydrogen-bond acceptors (Lipinski definition) is 7. The molecule has 1 aliphatic heterocycles. The molecule has 4 aromatic rings. The Morgan fingerprint density at radius 1 is 1.18 bits per heavy atom. The molecular formula is C29H30N6O3. The quantitative estimate of drug-likeness (QED) is 0.390. The molecule has 0 bridgehead atoms. The Hall–Kier alpha value is -4.42. The Bertz CT molecular complexity index is 1460. The van der Waals surface area contributed by atoms with E-state index in [1.54, 1.807) is 12.5 Å². The number of imidazole rings is 1. The van der Waals surface area contributed by atoms with Crippen LogP contribution in [-0.2, 0) is 11.3 Å². The monoisotopic (exact) mass is 510 g/mol. The van der Waals surface area contributed by atoms with Crippen molar-refractivity contribution in [1.29, 1.82) is 5.26 Å². The van der Waals surface area contributed by atoms with Crippen LogP contribution in [-0.4, -0.2) is 59.2 Å². The normalized spacial score (nSPS) is 15.7. The predicted octanol–water partition coefficient (Wildman–Crippen LogP) is 4.51. The summed E-state index contributed by atoms with van der Waals surface area (Å²) >= 11 is 0. The van der Waals surface area contributed by atoms with E-state index < -0.39 is 6.09 Å². The van der Waals surface area contributed by atoms with Crippen molar-refractivity contribution in [3.63, 3.8) is 0 Å². The van der Waals surface area contributed by atoms with Gasteiger partial charge in [-0.1, -0.05) is 12.1 Å². The van der Waals surface area contributed by atoms with Crippen LogP contribution in [0.1, 0.15) is 24.1 Å². The summed E-state index contributed by atoms with van der Waals surface area (Å²) in [6.07, 6.45) is 7.22. The summed E-state index contributed by atoms with van der Waals surface area (Å²) in [6, 6.07) is 15.6. The number of hydrogen-bond donors (Lipinski definition) is 1. The second-order valence-corrected chi connectivity index (χ2v) is 9.57. The number of pyridine rings is 2. The molecule has 5 rings (SSSR count). The van der Waals surface area contributed by atoms with Crippen molar-refractivity contribution in [2.75, 3.05) is 33.9 Å². The van der Waals surface area contributed by atoms with Crippen LogP contribution in [0.25, 0.3) is 27.9 Å². The number of nitriles is 1. The van der Waals surface area contributed by atoms with Gasteiger partial charge in [0, 0.05) is 29.8 Å². The first kappa shape index (κ1) is 25.2. The van der Waals surface area contributed by atoms with Gasteiger partial charge in [-0.05, 0) is 62.3 Å². The fourth-order valence-corrected chi connectivity index (χ4v) is 4.93. The van der Waals surface area contributed by atoms with Gasteiger partial charge in [-0.15, -0.1) is 0 Å². The number of benzene rings is 1. The molecule has 1 saturated heterocycles. The number of amides is 1. The Labute approximate surface area is 221 Å². The fourth-order valence-electron chi connectivity index (χ4n) is 4.93. The number of piperidine rings is 1.